The summed E-state index contributed by atoms with van der Waals surface area (Å²) in [7, 11) is 0. The SMILES string of the molecule is CCOc1cc(/C=C(\C#N)C(=O)NC(C)C)cc(Br)c1OCc1ccccc1. The van der Waals surface area contributed by atoms with Gasteiger partial charge < -0.3 is 14.8 Å². The van der Waals surface area contributed by atoms with Crippen LogP contribution in [0, 0.1) is 11.3 Å². The summed E-state index contributed by atoms with van der Waals surface area (Å²) >= 11 is 3.51. The first-order valence-corrected chi connectivity index (χ1v) is 9.79. The number of amides is 1. The molecule has 0 radical (unpaired) electrons. The second-order valence-corrected chi connectivity index (χ2v) is 7.19. The van der Waals surface area contributed by atoms with E-state index in [2.05, 4.69) is 21.2 Å². The molecule has 0 atom stereocenters. The van der Waals surface area contributed by atoms with Gasteiger partial charge >= 0.3 is 0 Å². The van der Waals surface area contributed by atoms with E-state index < -0.39 is 5.91 Å². The molecule has 146 valence electrons. The van der Waals surface area contributed by atoms with Crippen LogP contribution in [0.15, 0.2) is 52.5 Å². The molecule has 0 fully saturated rings. The van der Waals surface area contributed by atoms with E-state index in [-0.39, 0.29) is 11.6 Å². The molecule has 0 heterocycles. The van der Waals surface area contributed by atoms with Gasteiger partial charge in [-0.2, -0.15) is 5.26 Å². The Labute approximate surface area is 174 Å². The van der Waals surface area contributed by atoms with Gasteiger partial charge in [-0.15, -0.1) is 0 Å². The van der Waals surface area contributed by atoms with Crippen LogP contribution in [0.1, 0.15) is 31.9 Å². The molecule has 6 heteroatoms. The van der Waals surface area contributed by atoms with E-state index in [1.165, 1.54) is 6.08 Å². The van der Waals surface area contributed by atoms with E-state index >= 15 is 0 Å². The summed E-state index contributed by atoms with van der Waals surface area (Å²) in [4.78, 5) is 12.1. The molecular weight excluding hydrogens is 420 g/mol. The van der Waals surface area contributed by atoms with Gasteiger partial charge in [-0.3, -0.25) is 4.79 Å². The van der Waals surface area contributed by atoms with Gasteiger partial charge in [0.25, 0.3) is 5.91 Å². The van der Waals surface area contributed by atoms with Crippen LogP contribution in [-0.2, 0) is 11.4 Å². The van der Waals surface area contributed by atoms with Crippen LogP contribution >= 0.6 is 15.9 Å². The molecule has 2 rings (SSSR count). The molecule has 0 saturated heterocycles. The fourth-order valence-electron chi connectivity index (χ4n) is 2.46. The number of nitriles is 1. The summed E-state index contributed by atoms with van der Waals surface area (Å²) in [5.74, 6) is 0.713. The van der Waals surface area contributed by atoms with E-state index in [1.807, 2.05) is 57.2 Å². The maximum absolute atomic E-state index is 12.1. The van der Waals surface area contributed by atoms with Crippen molar-refractivity contribution in [3.8, 4) is 17.6 Å². The number of ether oxygens (including phenoxy) is 2. The molecule has 0 bridgehead atoms. The van der Waals surface area contributed by atoms with Gasteiger partial charge in [-0.25, -0.2) is 0 Å². The molecule has 28 heavy (non-hydrogen) atoms. The predicted molar refractivity (Wildman–Crippen MR) is 113 cm³/mol. The lowest BCUT2D eigenvalue weighted by Crippen LogP contribution is -2.30. The van der Waals surface area contributed by atoms with Crippen LogP contribution < -0.4 is 14.8 Å². The third kappa shape index (κ3) is 6.14. The van der Waals surface area contributed by atoms with Crippen molar-refractivity contribution in [2.45, 2.75) is 33.4 Å². The Hall–Kier alpha value is -2.78. The Balaban J connectivity index is 2.31. The summed E-state index contributed by atoms with van der Waals surface area (Å²) in [6, 6.07) is 15.3. The zero-order chi connectivity index (χ0) is 20.5. The highest BCUT2D eigenvalue weighted by Gasteiger charge is 2.15. The van der Waals surface area contributed by atoms with Crippen molar-refractivity contribution in [1.29, 1.82) is 5.26 Å². The fraction of sp³-hybridized carbons (Fsp3) is 0.273. The lowest BCUT2D eigenvalue weighted by molar-refractivity contribution is -0.117. The van der Waals surface area contributed by atoms with Crippen LogP contribution in [0.25, 0.3) is 6.08 Å². The molecule has 0 aliphatic carbocycles. The van der Waals surface area contributed by atoms with Crippen LogP contribution in [0.4, 0.5) is 0 Å². The summed E-state index contributed by atoms with van der Waals surface area (Å²) < 4.78 is 12.4. The number of halogens is 1. The molecule has 0 unspecified atom stereocenters. The monoisotopic (exact) mass is 442 g/mol. The van der Waals surface area contributed by atoms with E-state index in [1.54, 1.807) is 12.1 Å². The third-order valence-electron chi connectivity index (χ3n) is 3.65. The van der Waals surface area contributed by atoms with Crippen molar-refractivity contribution in [3.63, 3.8) is 0 Å². The summed E-state index contributed by atoms with van der Waals surface area (Å²) in [6.07, 6.45) is 1.53. The molecule has 1 N–H and O–H groups in total. The van der Waals surface area contributed by atoms with Crippen molar-refractivity contribution < 1.29 is 14.3 Å². The molecular formula is C22H23BrN2O3. The Kier molecular flexibility index (Phi) is 8.09. The molecule has 5 nitrogen and oxygen atoms in total. The minimum absolute atomic E-state index is 0.0287. The Morgan fingerprint density at radius 2 is 1.96 bits per heavy atom. The fourth-order valence-corrected chi connectivity index (χ4v) is 3.03. The van der Waals surface area contributed by atoms with E-state index in [9.17, 15) is 10.1 Å². The molecule has 0 aromatic heterocycles. The van der Waals surface area contributed by atoms with Crippen molar-refractivity contribution in [2.24, 2.45) is 0 Å². The van der Waals surface area contributed by atoms with Crippen molar-refractivity contribution in [2.75, 3.05) is 6.61 Å². The van der Waals surface area contributed by atoms with Gasteiger partial charge in [0.05, 0.1) is 11.1 Å². The average Bonchev–Trinajstić information content (AvgIpc) is 2.66. The van der Waals surface area contributed by atoms with Crippen LogP contribution in [0.5, 0.6) is 11.5 Å². The van der Waals surface area contributed by atoms with Gasteiger partial charge in [0.2, 0.25) is 0 Å². The molecule has 0 aliphatic rings. The van der Waals surface area contributed by atoms with Crippen LogP contribution in [0.3, 0.4) is 0 Å². The molecule has 2 aromatic carbocycles. The highest BCUT2D eigenvalue weighted by Crippen LogP contribution is 2.38. The smallest absolute Gasteiger partial charge is 0.262 e. The number of carbonyl (C=O) groups is 1. The Bertz CT molecular complexity index is 887. The standard InChI is InChI=1S/C22H23BrN2O3/c1-4-27-20-12-17(10-18(13-24)22(26)25-15(2)3)11-19(23)21(20)28-14-16-8-6-5-7-9-16/h5-12,15H,4,14H2,1-3H3,(H,25,26)/b18-10+. The van der Waals surface area contributed by atoms with E-state index in [4.69, 9.17) is 9.47 Å². The first kappa shape index (κ1) is 21.5. The Morgan fingerprint density at radius 3 is 2.57 bits per heavy atom. The van der Waals surface area contributed by atoms with Gasteiger partial charge in [-0.1, -0.05) is 30.3 Å². The number of hydrogen-bond donors (Lipinski definition) is 1. The number of nitrogens with one attached hydrogen (secondary N) is 1. The normalized spacial score (nSPS) is 11.1. The minimum atomic E-state index is -0.406. The van der Waals surface area contributed by atoms with Crippen LogP contribution in [0.2, 0.25) is 0 Å². The average molecular weight is 443 g/mol. The zero-order valence-electron chi connectivity index (χ0n) is 16.2. The second kappa shape index (κ2) is 10.5. The van der Waals surface area contributed by atoms with Crippen LogP contribution in [-0.4, -0.2) is 18.6 Å². The molecule has 2 aromatic rings. The number of nitrogens with zero attached hydrogens (tertiary/aromatic N) is 1. The number of benzene rings is 2. The molecule has 0 spiro atoms. The molecule has 1 amide bonds. The van der Waals surface area contributed by atoms with Gasteiger partial charge in [-0.05, 0) is 66.0 Å². The lowest BCUT2D eigenvalue weighted by Gasteiger charge is -2.15. The highest BCUT2D eigenvalue weighted by atomic mass is 79.9. The first-order valence-electron chi connectivity index (χ1n) is 9.00. The Morgan fingerprint density at radius 1 is 1.25 bits per heavy atom. The summed E-state index contributed by atoms with van der Waals surface area (Å²) in [5.41, 5.74) is 1.73. The molecule has 0 saturated carbocycles. The topological polar surface area (TPSA) is 71.3 Å². The number of carbonyl (C=O) groups excluding carboxylic acids is 1. The maximum atomic E-state index is 12.1. The first-order chi connectivity index (χ1) is 13.4. The zero-order valence-corrected chi connectivity index (χ0v) is 17.7. The van der Waals surface area contributed by atoms with Crippen molar-refractivity contribution in [1.82, 2.24) is 5.32 Å². The predicted octanol–water partition coefficient (Wildman–Crippen LogP) is 4.86. The van der Waals surface area contributed by atoms with Gasteiger partial charge in [0, 0.05) is 6.04 Å². The lowest BCUT2D eigenvalue weighted by atomic mass is 10.1. The summed E-state index contributed by atoms with van der Waals surface area (Å²) in [6.45, 7) is 6.43. The molecule has 0 aliphatic heterocycles. The highest BCUT2D eigenvalue weighted by molar-refractivity contribution is 9.10. The minimum Gasteiger partial charge on any atom is -0.490 e. The number of rotatable bonds is 8. The maximum Gasteiger partial charge on any atom is 0.262 e. The quantitative estimate of drug-likeness (QED) is 0.467. The van der Waals surface area contributed by atoms with Crippen molar-refractivity contribution in [3.05, 3.63) is 63.6 Å². The summed E-state index contributed by atoms with van der Waals surface area (Å²) in [5, 5.41) is 12.1. The second-order valence-electron chi connectivity index (χ2n) is 6.34. The van der Waals surface area contributed by atoms with Crippen molar-refractivity contribution >= 4 is 27.9 Å². The van der Waals surface area contributed by atoms with Gasteiger partial charge in [0.15, 0.2) is 11.5 Å². The van der Waals surface area contributed by atoms with E-state index in [0.717, 1.165) is 5.56 Å². The van der Waals surface area contributed by atoms with E-state index in [0.29, 0.717) is 34.7 Å². The third-order valence-corrected chi connectivity index (χ3v) is 4.24. The number of hydrogen-bond acceptors (Lipinski definition) is 4. The largest absolute Gasteiger partial charge is 0.490 e. The van der Waals surface area contributed by atoms with Gasteiger partial charge in [0.1, 0.15) is 18.2 Å².